The molecule has 0 radical (unpaired) electrons. The summed E-state index contributed by atoms with van der Waals surface area (Å²) < 4.78 is 28.1. The number of hydrogen-bond donors (Lipinski definition) is 1. The summed E-state index contributed by atoms with van der Waals surface area (Å²) in [5, 5.41) is 2.79. The van der Waals surface area contributed by atoms with E-state index in [0.29, 0.717) is 23.7 Å². The molecule has 1 aromatic carbocycles. The highest BCUT2D eigenvalue weighted by Gasteiger charge is 2.29. The van der Waals surface area contributed by atoms with Crippen molar-refractivity contribution in [3.63, 3.8) is 0 Å². The number of carbonyl (C=O) groups excluding carboxylic acids is 1. The van der Waals surface area contributed by atoms with Gasteiger partial charge in [-0.1, -0.05) is 19.9 Å². The molecule has 1 N–H and O–H groups in total. The summed E-state index contributed by atoms with van der Waals surface area (Å²) in [5.74, 6) is 0.676. The normalized spacial score (nSPS) is 20.5. The van der Waals surface area contributed by atoms with Gasteiger partial charge in [0.1, 0.15) is 5.75 Å². The van der Waals surface area contributed by atoms with Crippen LogP contribution in [0.25, 0.3) is 0 Å². The maximum absolute atomic E-state index is 12.4. The highest BCUT2D eigenvalue weighted by molar-refractivity contribution is 7.91. The Labute approximate surface area is 125 Å². The minimum Gasteiger partial charge on any atom is -0.496 e. The lowest BCUT2D eigenvalue weighted by Crippen LogP contribution is -2.35. The molecule has 1 amide bonds. The lowest BCUT2D eigenvalue weighted by atomic mass is 9.99. The lowest BCUT2D eigenvalue weighted by Gasteiger charge is -2.15. The minimum absolute atomic E-state index is 0.0188. The Morgan fingerprint density at radius 2 is 2.10 bits per heavy atom. The van der Waals surface area contributed by atoms with E-state index in [-0.39, 0.29) is 23.5 Å². The van der Waals surface area contributed by atoms with E-state index >= 15 is 0 Å². The van der Waals surface area contributed by atoms with E-state index < -0.39 is 9.84 Å². The van der Waals surface area contributed by atoms with Crippen LogP contribution < -0.4 is 10.1 Å². The second-order valence-electron chi connectivity index (χ2n) is 5.69. The van der Waals surface area contributed by atoms with Crippen LogP contribution in [0.5, 0.6) is 5.75 Å². The van der Waals surface area contributed by atoms with Gasteiger partial charge in [0, 0.05) is 6.04 Å². The van der Waals surface area contributed by atoms with E-state index in [1.807, 2.05) is 26.0 Å². The second kappa shape index (κ2) is 6.05. The van der Waals surface area contributed by atoms with Crippen LogP contribution in [0.15, 0.2) is 18.2 Å². The van der Waals surface area contributed by atoms with Crippen molar-refractivity contribution in [3.05, 3.63) is 29.3 Å². The largest absolute Gasteiger partial charge is 0.496 e. The molecular formula is C15H21NO4S. The fraction of sp³-hybridized carbons (Fsp3) is 0.533. The average molecular weight is 311 g/mol. The summed E-state index contributed by atoms with van der Waals surface area (Å²) in [7, 11) is -1.49. The second-order valence-corrected chi connectivity index (χ2v) is 7.92. The molecule has 1 unspecified atom stereocenters. The molecule has 0 bridgehead atoms. The summed E-state index contributed by atoms with van der Waals surface area (Å²) in [6.45, 7) is 4.10. The molecule has 0 aromatic heterocycles. The summed E-state index contributed by atoms with van der Waals surface area (Å²) >= 11 is 0. The molecule has 1 aromatic rings. The molecule has 1 fully saturated rings. The van der Waals surface area contributed by atoms with Crippen molar-refractivity contribution in [2.45, 2.75) is 32.2 Å². The molecule has 1 atom stereocenters. The summed E-state index contributed by atoms with van der Waals surface area (Å²) in [6.07, 6.45) is 0.472. The van der Waals surface area contributed by atoms with Crippen molar-refractivity contribution in [2.75, 3.05) is 18.6 Å². The van der Waals surface area contributed by atoms with Crippen LogP contribution >= 0.6 is 0 Å². The van der Waals surface area contributed by atoms with Gasteiger partial charge in [-0.05, 0) is 30.0 Å². The third-order valence-electron chi connectivity index (χ3n) is 3.70. The van der Waals surface area contributed by atoms with Crippen molar-refractivity contribution < 1.29 is 17.9 Å². The maximum Gasteiger partial charge on any atom is 0.255 e. The van der Waals surface area contributed by atoms with Crippen molar-refractivity contribution in [3.8, 4) is 5.75 Å². The Balaban J connectivity index is 2.20. The first-order chi connectivity index (χ1) is 9.82. The number of methoxy groups -OCH3 is 1. The van der Waals surface area contributed by atoms with E-state index in [2.05, 4.69) is 5.32 Å². The van der Waals surface area contributed by atoms with E-state index in [4.69, 9.17) is 4.74 Å². The van der Waals surface area contributed by atoms with Gasteiger partial charge in [-0.2, -0.15) is 0 Å². The monoisotopic (exact) mass is 311 g/mol. The highest BCUT2D eigenvalue weighted by Crippen LogP contribution is 2.24. The fourth-order valence-corrected chi connectivity index (χ4v) is 4.11. The number of ether oxygens (including phenoxy) is 1. The molecule has 1 heterocycles. The van der Waals surface area contributed by atoms with Crippen molar-refractivity contribution in [2.24, 2.45) is 0 Å². The molecule has 116 valence electrons. The van der Waals surface area contributed by atoms with Gasteiger partial charge in [-0.25, -0.2) is 8.42 Å². The van der Waals surface area contributed by atoms with Gasteiger partial charge in [0.15, 0.2) is 9.84 Å². The molecule has 0 saturated carbocycles. The third kappa shape index (κ3) is 3.75. The van der Waals surface area contributed by atoms with Crippen LogP contribution in [0.3, 0.4) is 0 Å². The molecule has 6 heteroatoms. The molecule has 0 aliphatic carbocycles. The van der Waals surface area contributed by atoms with Gasteiger partial charge in [0.05, 0.1) is 24.2 Å². The smallest absolute Gasteiger partial charge is 0.255 e. The molecule has 1 aliphatic heterocycles. The lowest BCUT2D eigenvalue weighted by molar-refractivity contribution is 0.0938. The first-order valence-corrected chi connectivity index (χ1v) is 8.84. The molecule has 2 rings (SSSR count). The third-order valence-corrected chi connectivity index (χ3v) is 5.47. The number of amides is 1. The zero-order chi connectivity index (χ0) is 15.6. The zero-order valence-corrected chi connectivity index (χ0v) is 13.4. The van der Waals surface area contributed by atoms with E-state index in [1.54, 1.807) is 6.07 Å². The predicted octanol–water partition coefficient (Wildman–Crippen LogP) is 1.74. The van der Waals surface area contributed by atoms with E-state index in [9.17, 15) is 13.2 Å². The number of carbonyl (C=O) groups is 1. The number of rotatable bonds is 4. The van der Waals surface area contributed by atoms with Crippen molar-refractivity contribution >= 4 is 15.7 Å². The number of sulfone groups is 1. The van der Waals surface area contributed by atoms with Crippen LogP contribution in [0.2, 0.25) is 0 Å². The first kappa shape index (κ1) is 15.8. The Kier molecular flexibility index (Phi) is 4.56. The summed E-state index contributed by atoms with van der Waals surface area (Å²) in [4.78, 5) is 12.4. The minimum atomic E-state index is -3.01. The van der Waals surface area contributed by atoms with Gasteiger partial charge >= 0.3 is 0 Å². The summed E-state index contributed by atoms with van der Waals surface area (Å²) in [6, 6.07) is 5.20. The van der Waals surface area contributed by atoms with Gasteiger partial charge in [0.2, 0.25) is 0 Å². The van der Waals surface area contributed by atoms with Crippen LogP contribution in [-0.4, -0.2) is 39.0 Å². The molecule has 0 spiro atoms. The number of hydrogen-bond acceptors (Lipinski definition) is 4. The van der Waals surface area contributed by atoms with Crippen LogP contribution in [0, 0.1) is 0 Å². The van der Waals surface area contributed by atoms with E-state index in [1.165, 1.54) is 7.11 Å². The Morgan fingerprint density at radius 1 is 1.38 bits per heavy atom. The zero-order valence-electron chi connectivity index (χ0n) is 12.5. The van der Waals surface area contributed by atoms with Gasteiger partial charge in [0.25, 0.3) is 5.91 Å². The van der Waals surface area contributed by atoms with Crippen molar-refractivity contribution in [1.82, 2.24) is 5.32 Å². The summed E-state index contributed by atoms with van der Waals surface area (Å²) in [5.41, 5.74) is 1.49. The molecular weight excluding hydrogens is 290 g/mol. The molecule has 1 aliphatic rings. The van der Waals surface area contributed by atoms with Gasteiger partial charge in [-0.15, -0.1) is 0 Å². The maximum atomic E-state index is 12.4. The first-order valence-electron chi connectivity index (χ1n) is 7.01. The van der Waals surface area contributed by atoms with Crippen molar-refractivity contribution in [1.29, 1.82) is 0 Å². The Hall–Kier alpha value is -1.56. The van der Waals surface area contributed by atoms with Gasteiger partial charge < -0.3 is 10.1 Å². The Bertz CT molecular complexity index is 637. The fourth-order valence-electron chi connectivity index (χ4n) is 2.43. The van der Waals surface area contributed by atoms with Crippen LogP contribution in [0.1, 0.15) is 42.1 Å². The number of benzene rings is 1. The quantitative estimate of drug-likeness (QED) is 0.919. The topological polar surface area (TPSA) is 72.5 Å². The van der Waals surface area contributed by atoms with E-state index in [0.717, 1.165) is 5.56 Å². The highest BCUT2D eigenvalue weighted by atomic mass is 32.2. The average Bonchev–Trinajstić information content (AvgIpc) is 2.76. The predicted molar refractivity (Wildman–Crippen MR) is 81.6 cm³/mol. The molecule has 21 heavy (non-hydrogen) atoms. The van der Waals surface area contributed by atoms with Gasteiger partial charge in [-0.3, -0.25) is 4.79 Å². The van der Waals surface area contributed by atoms with Crippen LogP contribution in [0.4, 0.5) is 0 Å². The standard InChI is InChI=1S/C15H21NO4S/c1-10(2)11-4-5-14(20-3)13(8-11)15(17)16-12-6-7-21(18,19)9-12/h4-5,8,10,12H,6-7,9H2,1-3H3,(H,16,17). The number of nitrogens with one attached hydrogen (secondary N) is 1. The SMILES string of the molecule is COc1ccc(C(C)C)cc1C(=O)NC1CCS(=O)(=O)C1. The molecule has 5 nitrogen and oxygen atoms in total. The van der Waals surface area contributed by atoms with Crippen LogP contribution in [-0.2, 0) is 9.84 Å². The molecule has 1 saturated heterocycles. The Morgan fingerprint density at radius 3 is 2.62 bits per heavy atom.